The van der Waals surface area contributed by atoms with Gasteiger partial charge in [0.25, 0.3) is 0 Å². The van der Waals surface area contributed by atoms with Crippen molar-refractivity contribution in [2.24, 2.45) is 0 Å². The number of carboxylic acid groups (broad SMARTS) is 1. The minimum Gasteiger partial charge on any atom is -0.487 e. The Balaban J connectivity index is 1.40. The molecule has 0 amide bonds. The summed E-state index contributed by atoms with van der Waals surface area (Å²) in [4.78, 5) is 15.7. The zero-order valence-corrected chi connectivity index (χ0v) is 20.6. The van der Waals surface area contributed by atoms with Crippen LogP contribution in [-0.4, -0.2) is 25.8 Å². The van der Waals surface area contributed by atoms with Crippen LogP contribution in [0, 0.1) is 6.92 Å². The van der Waals surface area contributed by atoms with Gasteiger partial charge in [-0.1, -0.05) is 30.3 Å². The molecule has 0 saturated heterocycles. The quantitative estimate of drug-likeness (QED) is 0.286. The van der Waals surface area contributed by atoms with Gasteiger partial charge < -0.3 is 15.6 Å². The van der Waals surface area contributed by atoms with Crippen LogP contribution in [0.2, 0.25) is 0 Å². The third-order valence-corrected chi connectivity index (χ3v) is 7.39. The van der Waals surface area contributed by atoms with E-state index in [1.165, 1.54) is 6.42 Å². The number of pyridine rings is 1. The number of anilines is 1. The van der Waals surface area contributed by atoms with E-state index in [1.54, 1.807) is 6.20 Å². The van der Waals surface area contributed by atoms with E-state index in [1.807, 2.05) is 31.2 Å². The second kappa shape index (κ2) is 9.24. The van der Waals surface area contributed by atoms with E-state index in [4.69, 9.17) is 15.6 Å². The maximum absolute atomic E-state index is 11.4. The van der Waals surface area contributed by atoms with Crippen LogP contribution >= 0.6 is 0 Å². The van der Waals surface area contributed by atoms with Crippen molar-refractivity contribution in [3.8, 4) is 16.9 Å². The lowest BCUT2D eigenvalue weighted by Gasteiger charge is -2.26. The number of fused-ring (bicyclic) bond motifs is 2. The maximum atomic E-state index is 11.4. The van der Waals surface area contributed by atoms with Crippen molar-refractivity contribution in [2.75, 3.05) is 5.73 Å². The van der Waals surface area contributed by atoms with Crippen molar-refractivity contribution in [3.05, 3.63) is 83.7 Å². The van der Waals surface area contributed by atoms with Gasteiger partial charge in [0.05, 0.1) is 18.0 Å². The summed E-state index contributed by atoms with van der Waals surface area (Å²) < 4.78 is 8.35. The zero-order valence-electron chi connectivity index (χ0n) is 20.6. The molecule has 6 rings (SSSR count). The molecule has 3 aromatic carbocycles. The van der Waals surface area contributed by atoms with Gasteiger partial charge in [-0.2, -0.15) is 5.10 Å². The van der Waals surface area contributed by atoms with Crippen molar-refractivity contribution in [1.29, 1.82) is 0 Å². The summed E-state index contributed by atoms with van der Waals surface area (Å²) in [5.41, 5.74) is 11.8. The number of carbonyl (C=O) groups is 1. The highest BCUT2D eigenvalue weighted by Gasteiger charge is 2.24. The van der Waals surface area contributed by atoms with Crippen molar-refractivity contribution in [3.63, 3.8) is 0 Å². The second-order valence-corrected chi connectivity index (χ2v) is 9.75. The molecule has 0 atom stereocenters. The Morgan fingerprint density at radius 1 is 1.08 bits per heavy atom. The minimum absolute atomic E-state index is 0.0800. The fourth-order valence-electron chi connectivity index (χ4n) is 5.11. The lowest BCUT2D eigenvalue weighted by molar-refractivity contribution is -0.136. The summed E-state index contributed by atoms with van der Waals surface area (Å²) in [6, 6.07) is 20.7. The Hall–Kier alpha value is -4.39. The van der Waals surface area contributed by atoms with Crippen molar-refractivity contribution in [1.82, 2.24) is 14.8 Å². The summed E-state index contributed by atoms with van der Waals surface area (Å²) in [5, 5.41) is 17.4. The van der Waals surface area contributed by atoms with Crippen LogP contribution in [0.4, 0.5) is 5.82 Å². The van der Waals surface area contributed by atoms with Gasteiger partial charge in [0.2, 0.25) is 0 Å². The summed E-state index contributed by atoms with van der Waals surface area (Å²) >= 11 is 0. The third-order valence-electron chi connectivity index (χ3n) is 7.39. The van der Waals surface area contributed by atoms with Gasteiger partial charge in [-0.3, -0.25) is 9.48 Å². The first-order valence-electron chi connectivity index (χ1n) is 12.6. The third kappa shape index (κ3) is 4.27. The summed E-state index contributed by atoms with van der Waals surface area (Å²) in [6.07, 6.45) is 5.10. The molecule has 1 aliphatic carbocycles. The van der Waals surface area contributed by atoms with Crippen molar-refractivity contribution >= 4 is 33.5 Å². The van der Waals surface area contributed by atoms with Crippen molar-refractivity contribution < 1.29 is 14.6 Å². The first kappa shape index (κ1) is 23.0. The number of aliphatic carboxylic acids is 1. The number of aryl methyl sites for hydroxylation is 1. The molecule has 5 aromatic rings. The van der Waals surface area contributed by atoms with E-state index in [9.17, 15) is 9.90 Å². The second-order valence-electron chi connectivity index (χ2n) is 9.75. The van der Waals surface area contributed by atoms with Gasteiger partial charge in [-0.05, 0) is 78.6 Å². The Bertz CT molecular complexity index is 1650. The van der Waals surface area contributed by atoms with Gasteiger partial charge in [0.1, 0.15) is 23.9 Å². The number of aromatic nitrogens is 3. The number of nitrogen functional groups attached to an aromatic ring is 1. The fraction of sp³-hybridized carbons (Fsp3) is 0.233. The molecule has 2 aromatic heterocycles. The first-order chi connectivity index (χ1) is 18.0. The predicted molar refractivity (Wildman–Crippen MR) is 145 cm³/mol. The van der Waals surface area contributed by atoms with E-state index in [0.717, 1.165) is 56.9 Å². The molecule has 37 heavy (non-hydrogen) atoms. The maximum Gasteiger partial charge on any atom is 0.307 e. The van der Waals surface area contributed by atoms with Crippen LogP contribution < -0.4 is 10.5 Å². The highest BCUT2D eigenvalue weighted by Crippen LogP contribution is 2.37. The van der Waals surface area contributed by atoms with Gasteiger partial charge in [-0.15, -0.1) is 0 Å². The SMILES string of the molecule is Cc1cccc(OCc2nn(C3CCC3)c3ccc(-c4ccc5ccnc(N)c5c4)cc23)c1CC(=O)O. The molecule has 1 saturated carbocycles. The smallest absolute Gasteiger partial charge is 0.307 e. The Morgan fingerprint density at radius 3 is 2.62 bits per heavy atom. The number of carboxylic acids is 1. The molecule has 7 nitrogen and oxygen atoms in total. The molecule has 2 heterocycles. The Morgan fingerprint density at radius 2 is 1.86 bits per heavy atom. The standard InChI is InChI=1S/C30H28N4O3/c1-18-4-2-7-28(23(18)16-29(35)36)37-17-26-25-15-21(10-11-27(25)34(33-26)22-5-3-6-22)20-9-8-19-12-13-32-30(31)24(19)14-20/h2,4,7-15,22H,3,5-6,16-17H2,1H3,(H2,31,32)(H,35,36). The summed E-state index contributed by atoms with van der Waals surface area (Å²) in [6.45, 7) is 2.16. The molecule has 0 radical (unpaired) electrons. The van der Waals surface area contributed by atoms with E-state index in [0.29, 0.717) is 23.2 Å². The molecule has 1 fully saturated rings. The van der Waals surface area contributed by atoms with E-state index >= 15 is 0 Å². The number of hydrogen-bond donors (Lipinski definition) is 2. The topological polar surface area (TPSA) is 103 Å². The normalized spacial score (nSPS) is 13.6. The zero-order chi connectivity index (χ0) is 25.5. The van der Waals surface area contributed by atoms with Crippen LogP contribution in [0.3, 0.4) is 0 Å². The predicted octanol–water partition coefficient (Wildman–Crippen LogP) is 6.07. The van der Waals surface area contributed by atoms with Crippen LogP contribution in [0.15, 0.2) is 66.9 Å². The van der Waals surface area contributed by atoms with Gasteiger partial charge in [-0.25, -0.2) is 4.98 Å². The lowest BCUT2D eigenvalue weighted by Crippen LogP contribution is -2.18. The molecule has 0 spiro atoms. The van der Waals surface area contributed by atoms with Crippen LogP contribution in [0.25, 0.3) is 32.8 Å². The van der Waals surface area contributed by atoms with Gasteiger partial charge in [0, 0.05) is 22.5 Å². The van der Waals surface area contributed by atoms with Crippen LogP contribution in [0.5, 0.6) is 5.75 Å². The van der Waals surface area contributed by atoms with Crippen LogP contribution in [0.1, 0.15) is 42.1 Å². The van der Waals surface area contributed by atoms with E-state index in [2.05, 4.69) is 46.1 Å². The molecule has 3 N–H and O–H groups in total. The van der Waals surface area contributed by atoms with Gasteiger partial charge >= 0.3 is 5.97 Å². The number of nitrogens with zero attached hydrogens (tertiary/aromatic N) is 3. The highest BCUT2D eigenvalue weighted by molar-refractivity contribution is 5.95. The first-order valence-corrected chi connectivity index (χ1v) is 12.6. The molecule has 0 aliphatic heterocycles. The van der Waals surface area contributed by atoms with Crippen molar-refractivity contribution in [2.45, 2.75) is 45.3 Å². The minimum atomic E-state index is -0.880. The Labute approximate surface area is 214 Å². The average molecular weight is 493 g/mol. The molecule has 0 bridgehead atoms. The molecule has 1 aliphatic rings. The monoisotopic (exact) mass is 492 g/mol. The summed E-state index contributed by atoms with van der Waals surface area (Å²) in [7, 11) is 0. The molecular weight excluding hydrogens is 464 g/mol. The molecule has 186 valence electrons. The number of hydrogen-bond acceptors (Lipinski definition) is 5. The van der Waals surface area contributed by atoms with Gasteiger partial charge in [0.15, 0.2) is 0 Å². The lowest BCUT2D eigenvalue weighted by atomic mass is 9.93. The number of rotatable bonds is 7. The van der Waals surface area contributed by atoms with E-state index in [-0.39, 0.29) is 13.0 Å². The number of nitrogens with two attached hydrogens (primary N) is 1. The molecule has 0 unspecified atom stereocenters. The number of benzene rings is 3. The Kier molecular flexibility index (Phi) is 5.75. The fourth-order valence-corrected chi connectivity index (χ4v) is 5.11. The molecular formula is C30H28N4O3. The van der Waals surface area contributed by atoms with E-state index < -0.39 is 5.97 Å². The number of ether oxygens (including phenoxy) is 1. The largest absolute Gasteiger partial charge is 0.487 e. The van der Waals surface area contributed by atoms with Crippen LogP contribution in [-0.2, 0) is 17.8 Å². The highest BCUT2D eigenvalue weighted by atomic mass is 16.5. The summed E-state index contributed by atoms with van der Waals surface area (Å²) in [5.74, 6) is 0.222. The average Bonchev–Trinajstić information content (AvgIpc) is 3.20. The molecule has 7 heteroatoms.